The second kappa shape index (κ2) is 10.4. The Morgan fingerprint density at radius 2 is 0.660 bits per heavy atom. The first-order valence-electron chi connectivity index (χ1n) is 17.1. The van der Waals surface area contributed by atoms with Gasteiger partial charge >= 0.3 is 0 Å². The lowest BCUT2D eigenvalue weighted by Crippen LogP contribution is -1.90. The van der Waals surface area contributed by atoms with Crippen molar-refractivity contribution in [3.63, 3.8) is 0 Å². The maximum atomic E-state index is 6.52. The van der Waals surface area contributed by atoms with Gasteiger partial charge in [-0.1, -0.05) is 133 Å². The monoisotopic (exact) mass is 636 g/mol. The molecule has 2 heterocycles. The van der Waals surface area contributed by atoms with E-state index in [-0.39, 0.29) is 0 Å². The highest BCUT2D eigenvalue weighted by atomic mass is 16.3. The molecule has 0 spiro atoms. The zero-order valence-electron chi connectivity index (χ0n) is 27.0. The predicted octanol–water partition coefficient (Wildman–Crippen LogP) is 13.9. The van der Waals surface area contributed by atoms with Crippen molar-refractivity contribution in [3.05, 3.63) is 170 Å². The predicted molar refractivity (Wildman–Crippen MR) is 210 cm³/mol. The van der Waals surface area contributed by atoms with Crippen molar-refractivity contribution >= 4 is 76.2 Å². The number of hydrogen-bond donors (Lipinski definition) is 0. The Kier molecular flexibility index (Phi) is 5.70. The highest BCUT2D eigenvalue weighted by Crippen LogP contribution is 2.44. The van der Waals surface area contributed by atoms with Gasteiger partial charge in [-0.2, -0.15) is 0 Å². The summed E-state index contributed by atoms with van der Waals surface area (Å²) >= 11 is 0. The minimum atomic E-state index is 0.869. The molecule has 0 aliphatic heterocycles. The Morgan fingerprint density at radius 1 is 0.240 bits per heavy atom. The molecule has 2 nitrogen and oxygen atoms in total. The third-order valence-electron chi connectivity index (χ3n) is 10.4. The zero-order valence-corrected chi connectivity index (χ0v) is 27.0. The molecule has 0 fully saturated rings. The van der Waals surface area contributed by atoms with E-state index in [1.807, 2.05) is 0 Å². The van der Waals surface area contributed by atoms with Crippen LogP contribution in [0.2, 0.25) is 0 Å². The molecular weight excluding hydrogens is 609 g/mol. The van der Waals surface area contributed by atoms with Crippen LogP contribution in [0.5, 0.6) is 0 Å². The van der Waals surface area contributed by atoms with Crippen molar-refractivity contribution in [2.45, 2.75) is 0 Å². The molecule has 0 bridgehead atoms. The van der Waals surface area contributed by atoms with E-state index in [4.69, 9.17) is 8.83 Å². The number of furan rings is 2. The lowest BCUT2D eigenvalue weighted by atomic mass is 9.86. The first kappa shape index (κ1) is 27.3. The van der Waals surface area contributed by atoms with Gasteiger partial charge in [-0.25, -0.2) is 0 Å². The van der Waals surface area contributed by atoms with Gasteiger partial charge in [-0.15, -0.1) is 0 Å². The maximum absolute atomic E-state index is 6.52. The summed E-state index contributed by atoms with van der Waals surface area (Å²) in [6, 6.07) is 60.9. The second-order valence-corrected chi connectivity index (χ2v) is 13.2. The van der Waals surface area contributed by atoms with Crippen molar-refractivity contribution in [1.29, 1.82) is 0 Å². The Morgan fingerprint density at radius 3 is 1.28 bits per heavy atom. The van der Waals surface area contributed by atoms with Crippen LogP contribution in [0.1, 0.15) is 0 Å². The molecule has 232 valence electrons. The topological polar surface area (TPSA) is 26.3 Å². The van der Waals surface area contributed by atoms with Gasteiger partial charge in [0, 0.05) is 21.5 Å². The molecular formula is C48H28O2. The number of rotatable bonds is 3. The molecule has 2 aromatic heterocycles. The molecule has 0 saturated heterocycles. The van der Waals surface area contributed by atoms with E-state index in [2.05, 4.69) is 170 Å². The van der Waals surface area contributed by atoms with E-state index < -0.39 is 0 Å². The van der Waals surface area contributed by atoms with Crippen molar-refractivity contribution < 1.29 is 8.83 Å². The fraction of sp³-hybridized carbons (Fsp3) is 0. The van der Waals surface area contributed by atoms with E-state index >= 15 is 0 Å². The first-order chi connectivity index (χ1) is 24.8. The van der Waals surface area contributed by atoms with Gasteiger partial charge < -0.3 is 8.83 Å². The van der Waals surface area contributed by atoms with Crippen LogP contribution >= 0.6 is 0 Å². The second-order valence-electron chi connectivity index (χ2n) is 13.2. The molecule has 0 atom stereocenters. The molecule has 2 heteroatoms. The summed E-state index contributed by atoms with van der Waals surface area (Å²) in [4.78, 5) is 0. The van der Waals surface area contributed by atoms with Crippen molar-refractivity contribution in [2.75, 3.05) is 0 Å². The molecule has 0 aliphatic carbocycles. The lowest BCUT2D eigenvalue weighted by Gasteiger charge is -2.18. The minimum absolute atomic E-state index is 0.869. The smallest absolute Gasteiger partial charge is 0.136 e. The molecule has 11 rings (SSSR count). The third-order valence-corrected chi connectivity index (χ3v) is 10.4. The molecule has 0 unspecified atom stereocenters. The molecule has 50 heavy (non-hydrogen) atoms. The molecule has 0 amide bonds. The summed E-state index contributed by atoms with van der Waals surface area (Å²) in [5.41, 5.74) is 10.8. The number of hydrogen-bond acceptors (Lipinski definition) is 2. The SMILES string of the molecule is c1ccc(-c2c3ccccc3c(-c3ccc(-c4ccc5c(c4)oc4cc6c(cc45)oc4cc5ccccc5cc46)cc3)c3ccccc23)cc1. The molecule has 0 saturated carbocycles. The van der Waals surface area contributed by atoms with Gasteiger partial charge in [0.2, 0.25) is 0 Å². The van der Waals surface area contributed by atoms with E-state index in [1.54, 1.807) is 0 Å². The van der Waals surface area contributed by atoms with E-state index in [1.165, 1.54) is 54.6 Å². The summed E-state index contributed by atoms with van der Waals surface area (Å²) in [5.74, 6) is 0. The van der Waals surface area contributed by atoms with Gasteiger partial charge in [0.15, 0.2) is 0 Å². The normalized spacial score (nSPS) is 12.0. The Balaban J connectivity index is 1.02. The quantitative estimate of drug-likeness (QED) is 0.180. The largest absolute Gasteiger partial charge is 0.456 e. The van der Waals surface area contributed by atoms with Crippen LogP contribution in [-0.2, 0) is 0 Å². The standard InChI is InChI=1S/C48H28O2/c1-2-10-30(11-3-1)47-36-14-6-8-16-38(36)48(39-17-9-7-15-37(39)47)31-20-18-29(19-21-31)34-22-23-35-41-27-46-42(28-45(41)49-43(35)26-34)40-24-32-12-4-5-13-33(32)25-44(40)50-46/h1-28H. The van der Waals surface area contributed by atoms with Crippen LogP contribution in [0.3, 0.4) is 0 Å². The third kappa shape index (κ3) is 4.03. The lowest BCUT2D eigenvalue weighted by molar-refractivity contribution is 0.664. The van der Waals surface area contributed by atoms with Crippen LogP contribution < -0.4 is 0 Å². The Hall–Kier alpha value is -6.64. The number of fused-ring (bicyclic) bond motifs is 9. The highest BCUT2D eigenvalue weighted by molar-refractivity contribution is 6.21. The minimum Gasteiger partial charge on any atom is -0.456 e. The summed E-state index contributed by atoms with van der Waals surface area (Å²) in [6.45, 7) is 0. The molecule has 11 aromatic rings. The van der Waals surface area contributed by atoms with Crippen molar-refractivity contribution in [1.82, 2.24) is 0 Å². The Bertz CT molecular complexity index is 3070. The van der Waals surface area contributed by atoms with Crippen LogP contribution in [0.15, 0.2) is 179 Å². The summed E-state index contributed by atoms with van der Waals surface area (Å²) < 4.78 is 12.9. The van der Waals surface area contributed by atoms with Gasteiger partial charge in [0.05, 0.1) is 0 Å². The van der Waals surface area contributed by atoms with Gasteiger partial charge in [-0.05, 0) is 102 Å². The van der Waals surface area contributed by atoms with Crippen LogP contribution in [0.25, 0.3) is 110 Å². The molecule has 0 radical (unpaired) electrons. The van der Waals surface area contributed by atoms with Crippen molar-refractivity contribution in [2.24, 2.45) is 0 Å². The van der Waals surface area contributed by atoms with E-state index in [0.29, 0.717) is 0 Å². The fourth-order valence-corrected chi connectivity index (χ4v) is 8.09. The molecule has 9 aromatic carbocycles. The zero-order chi connectivity index (χ0) is 32.8. The number of benzene rings is 9. The van der Waals surface area contributed by atoms with E-state index in [9.17, 15) is 0 Å². The average molecular weight is 637 g/mol. The summed E-state index contributed by atoms with van der Waals surface area (Å²) in [7, 11) is 0. The van der Waals surface area contributed by atoms with Gasteiger partial charge in [0.1, 0.15) is 22.3 Å². The fourth-order valence-electron chi connectivity index (χ4n) is 8.09. The Labute approximate surface area is 287 Å². The van der Waals surface area contributed by atoms with Crippen molar-refractivity contribution in [3.8, 4) is 33.4 Å². The van der Waals surface area contributed by atoms with Gasteiger partial charge in [0.25, 0.3) is 0 Å². The van der Waals surface area contributed by atoms with Crippen LogP contribution in [-0.4, -0.2) is 0 Å². The van der Waals surface area contributed by atoms with Crippen LogP contribution in [0.4, 0.5) is 0 Å². The van der Waals surface area contributed by atoms with Crippen LogP contribution in [0, 0.1) is 0 Å². The molecule has 0 aliphatic rings. The first-order valence-corrected chi connectivity index (χ1v) is 17.1. The molecule has 0 N–H and O–H groups in total. The van der Waals surface area contributed by atoms with E-state index in [0.717, 1.165) is 55.0 Å². The summed E-state index contributed by atoms with van der Waals surface area (Å²) in [5, 5.41) is 11.8. The van der Waals surface area contributed by atoms with Gasteiger partial charge in [-0.3, -0.25) is 0 Å². The summed E-state index contributed by atoms with van der Waals surface area (Å²) in [6.07, 6.45) is 0. The average Bonchev–Trinajstić information content (AvgIpc) is 3.71. The maximum Gasteiger partial charge on any atom is 0.136 e. The highest BCUT2D eigenvalue weighted by Gasteiger charge is 2.18.